The molecule has 21 heavy (non-hydrogen) atoms. The molecule has 1 aromatic rings. The summed E-state index contributed by atoms with van der Waals surface area (Å²) in [6.45, 7) is 2.40. The Morgan fingerprint density at radius 2 is 1.95 bits per heavy atom. The van der Waals surface area contributed by atoms with Crippen molar-refractivity contribution in [2.45, 2.75) is 19.5 Å². The van der Waals surface area contributed by atoms with E-state index in [1.54, 1.807) is 11.7 Å². The van der Waals surface area contributed by atoms with Gasteiger partial charge in [-0.25, -0.2) is 0 Å². The second-order valence-electron chi connectivity index (χ2n) is 4.78. The summed E-state index contributed by atoms with van der Waals surface area (Å²) in [6.07, 6.45) is 2.18. The molecule has 0 bridgehead atoms. The Bertz CT molecular complexity index is 469. The number of hydrogen-bond donors (Lipinski definition) is 3. The van der Waals surface area contributed by atoms with Crippen LogP contribution in [0.2, 0.25) is 0 Å². The highest BCUT2D eigenvalue weighted by Gasteiger charge is 2.10. The molecule has 0 amide bonds. The topological polar surface area (TPSA) is 95.2 Å². The largest absolute Gasteiger partial charge is 0.503 e. The van der Waals surface area contributed by atoms with E-state index in [0.717, 1.165) is 12.1 Å². The first-order chi connectivity index (χ1) is 10.1. The molecule has 7 heteroatoms. The van der Waals surface area contributed by atoms with Gasteiger partial charge in [0.1, 0.15) is 0 Å². The molecule has 120 valence electrons. The molecule has 0 saturated heterocycles. The van der Waals surface area contributed by atoms with E-state index in [2.05, 4.69) is 0 Å². The van der Waals surface area contributed by atoms with Crippen LogP contribution in [-0.4, -0.2) is 64.8 Å². The van der Waals surface area contributed by atoms with Gasteiger partial charge in [-0.3, -0.25) is 9.69 Å². The third kappa shape index (κ3) is 5.84. The Kier molecular flexibility index (Phi) is 7.99. The SMILES string of the molecule is COCCCn1cc(O)c(=O)cc1CN(CCO)CCO. The van der Waals surface area contributed by atoms with E-state index in [-0.39, 0.29) is 19.0 Å². The molecule has 0 aliphatic heterocycles. The molecule has 0 atom stereocenters. The molecule has 1 aromatic heterocycles. The zero-order valence-corrected chi connectivity index (χ0v) is 12.4. The molecular weight excluding hydrogens is 276 g/mol. The summed E-state index contributed by atoms with van der Waals surface area (Å²) in [5.74, 6) is -0.285. The van der Waals surface area contributed by atoms with Gasteiger partial charge in [0.05, 0.1) is 19.4 Å². The number of aromatic hydroxyl groups is 1. The number of ether oxygens (including phenoxy) is 1. The maximum absolute atomic E-state index is 11.6. The number of aliphatic hydroxyl groups is 2. The Labute approximate surface area is 124 Å². The van der Waals surface area contributed by atoms with Crippen LogP contribution in [0, 0.1) is 0 Å². The van der Waals surface area contributed by atoms with Crippen molar-refractivity contribution in [1.82, 2.24) is 9.47 Å². The molecule has 7 nitrogen and oxygen atoms in total. The molecule has 0 aliphatic rings. The molecule has 0 aliphatic carbocycles. The smallest absolute Gasteiger partial charge is 0.223 e. The minimum atomic E-state index is -0.430. The van der Waals surface area contributed by atoms with Gasteiger partial charge >= 0.3 is 0 Å². The lowest BCUT2D eigenvalue weighted by atomic mass is 10.2. The molecule has 0 unspecified atom stereocenters. The Morgan fingerprint density at radius 3 is 2.52 bits per heavy atom. The van der Waals surface area contributed by atoms with Gasteiger partial charge in [-0.2, -0.15) is 0 Å². The first-order valence-electron chi connectivity index (χ1n) is 6.97. The lowest BCUT2D eigenvalue weighted by Gasteiger charge is -2.23. The van der Waals surface area contributed by atoms with Gasteiger partial charge in [0.2, 0.25) is 5.43 Å². The van der Waals surface area contributed by atoms with Gasteiger partial charge < -0.3 is 24.6 Å². The van der Waals surface area contributed by atoms with Gasteiger partial charge in [0.15, 0.2) is 5.75 Å². The summed E-state index contributed by atoms with van der Waals surface area (Å²) in [5.41, 5.74) is 0.303. The fourth-order valence-electron chi connectivity index (χ4n) is 2.11. The van der Waals surface area contributed by atoms with Crippen molar-refractivity contribution >= 4 is 0 Å². The highest BCUT2D eigenvalue weighted by molar-refractivity contribution is 5.20. The number of rotatable bonds is 10. The number of aliphatic hydroxyl groups excluding tert-OH is 2. The fourth-order valence-corrected chi connectivity index (χ4v) is 2.11. The van der Waals surface area contributed by atoms with E-state index in [0.29, 0.717) is 32.8 Å². The summed E-state index contributed by atoms with van der Waals surface area (Å²) >= 11 is 0. The molecule has 0 aromatic carbocycles. The van der Waals surface area contributed by atoms with E-state index in [1.807, 2.05) is 4.90 Å². The van der Waals surface area contributed by atoms with Crippen LogP contribution < -0.4 is 5.43 Å². The molecule has 1 heterocycles. The molecule has 1 rings (SSSR count). The molecule has 0 saturated carbocycles. The summed E-state index contributed by atoms with van der Waals surface area (Å²) in [7, 11) is 1.62. The number of aryl methyl sites for hydroxylation is 1. The van der Waals surface area contributed by atoms with Crippen molar-refractivity contribution in [2.75, 3.05) is 40.0 Å². The zero-order chi connectivity index (χ0) is 15.7. The zero-order valence-electron chi connectivity index (χ0n) is 12.4. The number of aromatic nitrogens is 1. The fraction of sp³-hybridized carbons (Fsp3) is 0.643. The quantitative estimate of drug-likeness (QED) is 0.498. The Balaban J connectivity index is 2.90. The maximum Gasteiger partial charge on any atom is 0.223 e. The summed E-state index contributed by atoms with van der Waals surface area (Å²) in [6, 6.07) is 1.39. The Morgan fingerprint density at radius 1 is 1.29 bits per heavy atom. The van der Waals surface area contributed by atoms with Gasteiger partial charge in [-0.05, 0) is 6.42 Å². The van der Waals surface area contributed by atoms with Gasteiger partial charge in [-0.15, -0.1) is 0 Å². The van der Waals surface area contributed by atoms with Gasteiger partial charge in [0, 0.05) is 51.7 Å². The summed E-state index contributed by atoms with van der Waals surface area (Å²) < 4.78 is 6.80. The van der Waals surface area contributed by atoms with Crippen LogP contribution in [0.15, 0.2) is 17.1 Å². The van der Waals surface area contributed by atoms with E-state index in [4.69, 9.17) is 14.9 Å². The number of methoxy groups -OCH3 is 1. The third-order valence-electron chi connectivity index (χ3n) is 3.16. The van der Waals surface area contributed by atoms with E-state index >= 15 is 0 Å². The minimum absolute atomic E-state index is 0.0218. The molecular formula is C14H24N2O5. The van der Waals surface area contributed by atoms with Crippen molar-refractivity contribution in [2.24, 2.45) is 0 Å². The molecule has 0 radical (unpaired) electrons. The lowest BCUT2D eigenvalue weighted by Crippen LogP contribution is -2.31. The van der Waals surface area contributed by atoms with Crippen LogP contribution in [0.25, 0.3) is 0 Å². The number of nitrogens with zero attached hydrogens (tertiary/aromatic N) is 2. The first kappa shape index (κ1) is 17.6. The molecule has 0 fully saturated rings. The van der Waals surface area contributed by atoms with Crippen molar-refractivity contribution in [3.8, 4) is 5.75 Å². The van der Waals surface area contributed by atoms with Crippen molar-refractivity contribution in [3.05, 3.63) is 28.2 Å². The first-order valence-corrected chi connectivity index (χ1v) is 6.97. The third-order valence-corrected chi connectivity index (χ3v) is 3.16. The Hall–Kier alpha value is -1.41. The summed E-state index contributed by atoms with van der Waals surface area (Å²) in [4.78, 5) is 13.5. The molecule has 3 N–H and O–H groups in total. The van der Waals surface area contributed by atoms with Crippen molar-refractivity contribution in [3.63, 3.8) is 0 Å². The van der Waals surface area contributed by atoms with Crippen molar-refractivity contribution < 1.29 is 20.1 Å². The monoisotopic (exact) mass is 300 g/mol. The highest BCUT2D eigenvalue weighted by Crippen LogP contribution is 2.09. The van der Waals surface area contributed by atoms with Crippen LogP contribution in [0.1, 0.15) is 12.1 Å². The molecule has 0 spiro atoms. The van der Waals surface area contributed by atoms with E-state index < -0.39 is 5.43 Å². The predicted molar refractivity (Wildman–Crippen MR) is 78.3 cm³/mol. The number of pyridine rings is 1. The highest BCUT2D eigenvalue weighted by atomic mass is 16.5. The van der Waals surface area contributed by atoms with Gasteiger partial charge in [-0.1, -0.05) is 0 Å². The van der Waals surface area contributed by atoms with Crippen molar-refractivity contribution in [1.29, 1.82) is 0 Å². The minimum Gasteiger partial charge on any atom is -0.503 e. The standard InChI is InChI=1S/C14H24N2O5/c1-21-8-2-3-16-11-14(20)13(19)9-12(16)10-15(4-6-17)5-7-18/h9,11,17-18,20H,2-8,10H2,1H3. The van der Waals surface area contributed by atoms with Gasteiger partial charge in [0.25, 0.3) is 0 Å². The van der Waals surface area contributed by atoms with Crippen LogP contribution in [0.4, 0.5) is 0 Å². The lowest BCUT2D eigenvalue weighted by molar-refractivity contribution is 0.152. The van der Waals surface area contributed by atoms with Crippen LogP contribution in [0.3, 0.4) is 0 Å². The normalized spacial score (nSPS) is 11.2. The van der Waals surface area contributed by atoms with Crippen LogP contribution in [0.5, 0.6) is 5.75 Å². The van der Waals surface area contributed by atoms with E-state index in [1.165, 1.54) is 12.3 Å². The summed E-state index contributed by atoms with van der Waals surface area (Å²) in [5, 5.41) is 27.6. The van der Waals surface area contributed by atoms with Crippen LogP contribution in [-0.2, 0) is 17.8 Å². The second kappa shape index (κ2) is 9.51. The average Bonchev–Trinajstić information content (AvgIpc) is 2.44. The average molecular weight is 300 g/mol. The van der Waals surface area contributed by atoms with Crippen LogP contribution >= 0.6 is 0 Å². The second-order valence-corrected chi connectivity index (χ2v) is 4.78. The number of hydrogen-bond acceptors (Lipinski definition) is 6. The maximum atomic E-state index is 11.6. The predicted octanol–water partition coefficient (Wildman–Crippen LogP) is -0.623. The van der Waals surface area contributed by atoms with E-state index in [9.17, 15) is 9.90 Å².